The van der Waals surface area contributed by atoms with Gasteiger partial charge in [-0.25, -0.2) is 19.7 Å². The minimum Gasteiger partial charge on any atom is -0.497 e. The second kappa shape index (κ2) is 8.97. The zero-order valence-corrected chi connectivity index (χ0v) is 17.5. The summed E-state index contributed by atoms with van der Waals surface area (Å²) in [6, 6.07) is 4.77. The monoisotopic (exact) mass is 457 g/mol. The summed E-state index contributed by atoms with van der Waals surface area (Å²) in [6.07, 6.45) is -1.43. The third kappa shape index (κ3) is 4.28. The van der Waals surface area contributed by atoms with E-state index in [-0.39, 0.29) is 23.4 Å². The molecule has 0 spiro atoms. The van der Waals surface area contributed by atoms with Crippen LogP contribution in [0.4, 0.5) is 5.82 Å². The van der Waals surface area contributed by atoms with E-state index in [1.807, 2.05) is 0 Å². The number of anilines is 1. The molecule has 1 aliphatic rings. The molecule has 174 valence electrons. The van der Waals surface area contributed by atoms with Crippen LogP contribution in [0.15, 0.2) is 36.9 Å². The number of aliphatic hydroxyl groups excluding tert-OH is 1. The van der Waals surface area contributed by atoms with Crippen LogP contribution in [0, 0.1) is 0 Å². The molecule has 13 heteroatoms. The van der Waals surface area contributed by atoms with Crippen LogP contribution in [0.1, 0.15) is 11.8 Å². The third-order valence-electron chi connectivity index (χ3n) is 5.44. The van der Waals surface area contributed by atoms with E-state index in [1.165, 1.54) is 17.2 Å². The van der Waals surface area contributed by atoms with E-state index >= 15 is 0 Å². The number of ether oxygens (including phenoxy) is 2. The molecule has 33 heavy (non-hydrogen) atoms. The molecule has 4 unspecified atom stereocenters. The summed E-state index contributed by atoms with van der Waals surface area (Å²) in [5.41, 5.74) is 13.1. The first-order valence-electron chi connectivity index (χ1n) is 9.98. The van der Waals surface area contributed by atoms with Crippen molar-refractivity contribution in [3.8, 4) is 5.75 Å². The van der Waals surface area contributed by atoms with Crippen LogP contribution in [-0.4, -0.2) is 73.0 Å². The number of hydrogen-bond acceptors (Lipinski definition) is 10. The zero-order valence-electron chi connectivity index (χ0n) is 17.5. The van der Waals surface area contributed by atoms with Crippen molar-refractivity contribution >= 4 is 28.9 Å². The Bertz CT molecular complexity index is 1170. The molecule has 1 amide bonds. The average molecular weight is 457 g/mol. The van der Waals surface area contributed by atoms with E-state index < -0.39 is 42.4 Å². The Hall–Kier alpha value is -3.81. The summed E-state index contributed by atoms with van der Waals surface area (Å²) < 4.78 is 12.0. The van der Waals surface area contributed by atoms with Gasteiger partial charge in [0.15, 0.2) is 23.8 Å². The first-order chi connectivity index (χ1) is 15.8. The number of nitrogen functional groups attached to an aromatic ring is 1. The van der Waals surface area contributed by atoms with Crippen molar-refractivity contribution in [3.63, 3.8) is 0 Å². The van der Waals surface area contributed by atoms with Crippen LogP contribution in [0.5, 0.6) is 5.75 Å². The molecular formula is C20H23N7O6. The average Bonchev–Trinajstić information content (AvgIpc) is 3.36. The van der Waals surface area contributed by atoms with Crippen molar-refractivity contribution in [1.29, 1.82) is 0 Å². The van der Waals surface area contributed by atoms with E-state index in [1.54, 1.807) is 31.4 Å². The highest BCUT2D eigenvalue weighted by atomic mass is 16.6. The Morgan fingerprint density at radius 1 is 1.27 bits per heavy atom. The molecule has 7 N–H and O–H groups in total. The number of carboxylic acids is 1. The van der Waals surface area contributed by atoms with Gasteiger partial charge in [0.05, 0.1) is 25.5 Å². The van der Waals surface area contributed by atoms with Crippen LogP contribution >= 0.6 is 0 Å². The summed E-state index contributed by atoms with van der Waals surface area (Å²) in [7, 11) is 1.55. The number of hydrogen-bond donors (Lipinski definition) is 5. The first kappa shape index (κ1) is 22.4. The van der Waals surface area contributed by atoms with E-state index in [0.717, 1.165) is 5.56 Å². The maximum absolute atomic E-state index is 12.7. The number of benzene rings is 1. The lowest BCUT2D eigenvalue weighted by Crippen LogP contribution is -2.54. The fraction of sp³-hybridized carbons (Fsp3) is 0.350. The maximum Gasteiger partial charge on any atom is 0.335 e. The number of imidazole rings is 1. The Balaban J connectivity index is 1.51. The molecule has 3 aromatic rings. The molecule has 1 fully saturated rings. The van der Waals surface area contributed by atoms with Gasteiger partial charge in [0.1, 0.15) is 23.7 Å². The second-order valence-electron chi connectivity index (χ2n) is 7.55. The summed E-state index contributed by atoms with van der Waals surface area (Å²) in [5, 5.41) is 23.0. The molecule has 0 aliphatic carbocycles. The maximum atomic E-state index is 12.7. The van der Waals surface area contributed by atoms with Gasteiger partial charge in [0.25, 0.3) is 0 Å². The van der Waals surface area contributed by atoms with Gasteiger partial charge in [-0.05, 0) is 24.1 Å². The van der Waals surface area contributed by atoms with Crippen LogP contribution in [0.2, 0.25) is 0 Å². The van der Waals surface area contributed by atoms with Gasteiger partial charge in [0.2, 0.25) is 5.91 Å². The second-order valence-corrected chi connectivity index (χ2v) is 7.55. The third-order valence-corrected chi connectivity index (χ3v) is 5.44. The quantitative estimate of drug-likeness (QED) is 0.286. The standard InChI is InChI=1S/C20H23N7O6/c1-32-10-4-2-9(3-5-10)6-11(21)18(29)26-12-14(28)19(33-15(12)20(30)31)27-8-25-13-16(22)23-7-24-17(13)27/h2-5,7-8,11-12,14-15,19,28H,6,21H2,1H3,(H,26,29)(H,30,31)(H2,22,23,24)/t11-,12?,14?,15?,19?/m0/s1. The zero-order chi connectivity index (χ0) is 23.7. The Kier molecular flexibility index (Phi) is 6.09. The van der Waals surface area contributed by atoms with Crippen LogP contribution in [0.3, 0.4) is 0 Å². The van der Waals surface area contributed by atoms with Gasteiger partial charge >= 0.3 is 5.97 Å². The van der Waals surface area contributed by atoms with Crippen molar-refractivity contribution in [2.75, 3.05) is 12.8 Å². The van der Waals surface area contributed by atoms with Gasteiger partial charge in [-0.1, -0.05) is 12.1 Å². The largest absolute Gasteiger partial charge is 0.497 e. The van der Waals surface area contributed by atoms with Crippen molar-refractivity contribution in [3.05, 3.63) is 42.5 Å². The highest BCUT2D eigenvalue weighted by Gasteiger charge is 2.49. The lowest BCUT2D eigenvalue weighted by Gasteiger charge is -2.22. The first-order valence-corrected chi connectivity index (χ1v) is 9.98. The minimum absolute atomic E-state index is 0.121. The molecule has 1 aromatic carbocycles. The number of methoxy groups -OCH3 is 1. The number of aliphatic hydroxyl groups is 1. The summed E-state index contributed by atoms with van der Waals surface area (Å²) >= 11 is 0. The van der Waals surface area contributed by atoms with E-state index in [4.69, 9.17) is 20.9 Å². The normalized spacial score (nSPS) is 23.4. The van der Waals surface area contributed by atoms with Crippen molar-refractivity contribution < 1.29 is 29.3 Å². The molecule has 0 radical (unpaired) electrons. The number of rotatable bonds is 7. The number of carbonyl (C=O) groups is 2. The molecule has 1 aliphatic heterocycles. The van der Waals surface area contributed by atoms with E-state index in [2.05, 4.69) is 20.3 Å². The molecule has 2 aromatic heterocycles. The van der Waals surface area contributed by atoms with Crippen LogP contribution in [0.25, 0.3) is 11.2 Å². The molecular weight excluding hydrogens is 434 g/mol. The summed E-state index contributed by atoms with van der Waals surface area (Å²) in [5.74, 6) is -1.20. The number of nitrogens with one attached hydrogen (secondary N) is 1. The highest BCUT2D eigenvalue weighted by molar-refractivity contribution is 5.84. The van der Waals surface area contributed by atoms with Gasteiger partial charge in [0, 0.05) is 0 Å². The Labute approximate surface area is 187 Å². The van der Waals surface area contributed by atoms with Crippen LogP contribution < -0.4 is 21.5 Å². The number of fused-ring (bicyclic) bond motifs is 1. The van der Waals surface area contributed by atoms with E-state index in [0.29, 0.717) is 5.75 Å². The summed E-state index contributed by atoms with van der Waals surface area (Å²) in [4.78, 5) is 36.5. The van der Waals surface area contributed by atoms with E-state index in [9.17, 15) is 19.8 Å². The lowest BCUT2D eigenvalue weighted by molar-refractivity contribution is -0.152. The van der Waals surface area contributed by atoms with Crippen LogP contribution in [-0.2, 0) is 20.7 Å². The number of aromatic nitrogens is 4. The molecule has 4 rings (SSSR count). The SMILES string of the molecule is COc1ccc(C[C@H](N)C(=O)NC2C(C(=O)O)OC(n3cnc4c(N)ncnc43)C2O)cc1. The molecule has 3 heterocycles. The van der Waals surface area contributed by atoms with Crippen molar-refractivity contribution in [2.45, 2.75) is 36.9 Å². The van der Waals surface area contributed by atoms with Gasteiger partial charge in [-0.2, -0.15) is 0 Å². The number of carboxylic acid groups (broad SMARTS) is 1. The highest BCUT2D eigenvalue weighted by Crippen LogP contribution is 2.32. The van der Waals surface area contributed by atoms with Crippen molar-refractivity contribution in [1.82, 2.24) is 24.8 Å². The topological polar surface area (TPSA) is 201 Å². The molecule has 5 atom stereocenters. The fourth-order valence-corrected chi connectivity index (χ4v) is 3.71. The molecule has 0 saturated carbocycles. The number of carbonyl (C=O) groups excluding carboxylic acids is 1. The predicted molar refractivity (Wildman–Crippen MR) is 114 cm³/mol. The Morgan fingerprint density at radius 3 is 2.67 bits per heavy atom. The smallest absolute Gasteiger partial charge is 0.335 e. The van der Waals surface area contributed by atoms with Gasteiger partial charge in [-0.15, -0.1) is 0 Å². The van der Waals surface area contributed by atoms with Gasteiger partial charge in [-0.3, -0.25) is 9.36 Å². The number of aliphatic carboxylic acids is 1. The van der Waals surface area contributed by atoms with Crippen molar-refractivity contribution in [2.24, 2.45) is 5.73 Å². The fourth-order valence-electron chi connectivity index (χ4n) is 3.71. The summed E-state index contributed by atoms with van der Waals surface area (Å²) in [6.45, 7) is 0. The molecule has 1 saturated heterocycles. The van der Waals surface area contributed by atoms with Gasteiger partial charge < -0.3 is 36.5 Å². The number of nitrogens with zero attached hydrogens (tertiary/aromatic N) is 4. The molecule has 0 bridgehead atoms. The lowest BCUT2D eigenvalue weighted by atomic mass is 10.0. The Morgan fingerprint density at radius 2 is 2.00 bits per heavy atom. The minimum atomic E-state index is -1.53. The predicted octanol–water partition coefficient (Wildman–Crippen LogP) is -1.19. The molecule has 13 nitrogen and oxygen atoms in total. The number of amides is 1. The number of nitrogens with two attached hydrogens (primary N) is 2.